The molecule has 4 N–H and O–H groups in total. The number of aromatic nitrogens is 2. The van der Waals surface area contributed by atoms with Gasteiger partial charge in [0, 0.05) is 11.3 Å². The Balaban J connectivity index is 2.35. The first-order chi connectivity index (χ1) is 7.65. The Hall–Kier alpha value is -2.57. The average molecular weight is 220 g/mol. The van der Waals surface area contributed by atoms with Gasteiger partial charge < -0.3 is 11.1 Å². The maximum absolute atomic E-state index is 10.8. The van der Waals surface area contributed by atoms with Crippen LogP contribution in [0.2, 0.25) is 0 Å². The van der Waals surface area contributed by atoms with Crippen LogP contribution in [0.4, 0.5) is 10.5 Å². The fraction of sp³-hybridized carbons (Fsp3) is 0. The summed E-state index contributed by atoms with van der Waals surface area (Å²) in [6.07, 6.45) is 0. The number of carbonyl (C=O) groups excluding carboxylic acids is 1. The number of rotatable bonds is 2. The molecule has 0 atom stereocenters. The number of nitrogens with one attached hydrogen (secondary N) is 2. The third kappa shape index (κ3) is 2.08. The van der Waals surface area contributed by atoms with Gasteiger partial charge in [-0.05, 0) is 12.1 Å². The van der Waals surface area contributed by atoms with Crippen LogP contribution in [0.3, 0.4) is 0 Å². The van der Waals surface area contributed by atoms with Gasteiger partial charge in [-0.3, -0.25) is 9.51 Å². The minimum atomic E-state index is -0.661. The summed E-state index contributed by atoms with van der Waals surface area (Å²) in [4.78, 5) is 23.8. The zero-order chi connectivity index (χ0) is 11.5. The maximum atomic E-state index is 10.8. The zero-order valence-corrected chi connectivity index (χ0v) is 8.06. The predicted molar refractivity (Wildman–Crippen MR) is 55.8 cm³/mol. The molecule has 2 aromatic rings. The van der Waals surface area contributed by atoms with Crippen LogP contribution >= 0.6 is 0 Å². The Bertz CT molecular complexity index is 572. The first-order valence-electron chi connectivity index (χ1n) is 4.38. The molecule has 0 saturated heterocycles. The molecular formula is C9H8N4O3. The highest BCUT2D eigenvalue weighted by Crippen LogP contribution is 2.17. The quantitative estimate of drug-likeness (QED) is 0.684. The summed E-state index contributed by atoms with van der Waals surface area (Å²) in [6.45, 7) is 0. The van der Waals surface area contributed by atoms with Gasteiger partial charge in [-0.2, -0.15) is 0 Å². The van der Waals surface area contributed by atoms with Crippen molar-refractivity contribution >= 4 is 11.7 Å². The number of amides is 2. The first-order valence-corrected chi connectivity index (χ1v) is 4.38. The molecule has 1 heterocycles. The molecule has 7 nitrogen and oxygen atoms in total. The second kappa shape index (κ2) is 3.89. The van der Waals surface area contributed by atoms with Crippen molar-refractivity contribution in [1.29, 1.82) is 0 Å². The van der Waals surface area contributed by atoms with E-state index in [0.29, 0.717) is 11.3 Å². The number of benzene rings is 1. The molecule has 2 rings (SSSR count). The van der Waals surface area contributed by atoms with E-state index in [1.165, 1.54) is 0 Å². The third-order valence-corrected chi connectivity index (χ3v) is 1.84. The zero-order valence-electron chi connectivity index (χ0n) is 8.06. The van der Waals surface area contributed by atoms with Crippen LogP contribution in [0.5, 0.6) is 0 Å². The van der Waals surface area contributed by atoms with Gasteiger partial charge in [0.15, 0.2) is 5.82 Å². The van der Waals surface area contributed by atoms with Crippen molar-refractivity contribution in [2.45, 2.75) is 0 Å². The van der Waals surface area contributed by atoms with Crippen molar-refractivity contribution in [2.24, 2.45) is 5.73 Å². The summed E-state index contributed by atoms with van der Waals surface area (Å²) in [6, 6.07) is 6.00. The molecule has 0 aliphatic carbocycles. The minimum Gasteiger partial charge on any atom is -0.351 e. The molecule has 0 fully saturated rings. The number of primary amides is 1. The molecular weight excluding hydrogens is 212 g/mol. The van der Waals surface area contributed by atoms with Gasteiger partial charge in [-0.15, -0.1) is 0 Å². The summed E-state index contributed by atoms with van der Waals surface area (Å²) in [5, 5.41) is 5.93. The van der Waals surface area contributed by atoms with E-state index in [1.54, 1.807) is 24.3 Å². The topological polar surface area (TPSA) is 114 Å². The minimum absolute atomic E-state index is 0.290. The van der Waals surface area contributed by atoms with Gasteiger partial charge in [0.05, 0.1) is 0 Å². The second-order valence-corrected chi connectivity index (χ2v) is 3.01. The summed E-state index contributed by atoms with van der Waals surface area (Å²) < 4.78 is 4.37. The van der Waals surface area contributed by atoms with E-state index >= 15 is 0 Å². The fourth-order valence-electron chi connectivity index (χ4n) is 1.24. The molecule has 0 aliphatic rings. The van der Waals surface area contributed by atoms with Crippen LogP contribution in [-0.2, 0) is 0 Å². The smallest absolute Gasteiger partial charge is 0.351 e. The van der Waals surface area contributed by atoms with Gasteiger partial charge >= 0.3 is 11.8 Å². The van der Waals surface area contributed by atoms with Crippen LogP contribution in [-0.4, -0.2) is 16.2 Å². The molecule has 1 aromatic carbocycles. The van der Waals surface area contributed by atoms with E-state index < -0.39 is 11.8 Å². The fourth-order valence-corrected chi connectivity index (χ4v) is 1.24. The van der Waals surface area contributed by atoms with E-state index in [0.717, 1.165) is 0 Å². The molecule has 0 bridgehead atoms. The maximum Gasteiger partial charge on any atom is 0.439 e. The van der Waals surface area contributed by atoms with Crippen LogP contribution in [0.1, 0.15) is 0 Å². The number of H-pyrrole nitrogens is 1. The van der Waals surface area contributed by atoms with Crippen LogP contribution in [0, 0.1) is 0 Å². The van der Waals surface area contributed by atoms with E-state index in [4.69, 9.17) is 5.73 Å². The van der Waals surface area contributed by atoms with Gasteiger partial charge in [0.25, 0.3) is 0 Å². The highest BCUT2D eigenvalue weighted by atomic mass is 16.5. The standard InChI is InChI=1S/C9H8N4O3/c10-8(14)11-6-3-1-2-5(4-6)7-12-9(15)16-13-7/h1-4H,(H3,10,11,14)(H,12,13,15). The van der Waals surface area contributed by atoms with Gasteiger partial charge in [0.1, 0.15) is 0 Å². The van der Waals surface area contributed by atoms with Crippen LogP contribution < -0.4 is 16.8 Å². The number of hydrogen-bond donors (Lipinski definition) is 3. The molecule has 0 aliphatic heterocycles. The van der Waals surface area contributed by atoms with E-state index in [-0.39, 0.29) is 5.82 Å². The highest BCUT2D eigenvalue weighted by molar-refractivity contribution is 5.88. The SMILES string of the molecule is NC(=O)Nc1cccc(-c2noc(=O)[nH]2)c1. The molecule has 0 saturated carbocycles. The lowest BCUT2D eigenvalue weighted by Crippen LogP contribution is -2.19. The van der Waals surface area contributed by atoms with Crippen LogP contribution in [0.15, 0.2) is 33.6 Å². The lowest BCUT2D eigenvalue weighted by Gasteiger charge is -2.02. The Morgan fingerprint density at radius 1 is 1.50 bits per heavy atom. The lowest BCUT2D eigenvalue weighted by molar-refractivity contribution is 0.259. The number of carbonyl (C=O) groups is 1. The summed E-state index contributed by atoms with van der Waals surface area (Å²) in [5.41, 5.74) is 6.09. The van der Waals surface area contributed by atoms with Crippen molar-refractivity contribution in [3.05, 3.63) is 34.8 Å². The molecule has 16 heavy (non-hydrogen) atoms. The number of hydrogen-bond acceptors (Lipinski definition) is 4. The number of anilines is 1. The molecule has 0 radical (unpaired) electrons. The summed E-state index contributed by atoms with van der Waals surface area (Å²) in [7, 11) is 0. The Kier molecular flexibility index (Phi) is 2.42. The second-order valence-electron chi connectivity index (χ2n) is 3.01. The van der Waals surface area contributed by atoms with E-state index in [2.05, 4.69) is 20.0 Å². The molecule has 1 aromatic heterocycles. The molecule has 2 amide bonds. The Labute approximate surface area is 89.3 Å². The number of aromatic amines is 1. The molecule has 0 spiro atoms. The van der Waals surface area contributed by atoms with Crippen molar-refractivity contribution in [2.75, 3.05) is 5.32 Å². The van der Waals surface area contributed by atoms with Crippen molar-refractivity contribution in [3.8, 4) is 11.4 Å². The average Bonchev–Trinajstić information content (AvgIpc) is 2.64. The number of urea groups is 1. The largest absolute Gasteiger partial charge is 0.439 e. The first kappa shape index (κ1) is 9.97. The van der Waals surface area contributed by atoms with Gasteiger partial charge in [-0.1, -0.05) is 17.3 Å². The summed E-state index contributed by atoms with van der Waals surface area (Å²) in [5.74, 6) is -0.346. The highest BCUT2D eigenvalue weighted by Gasteiger charge is 2.05. The third-order valence-electron chi connectivity index (χ3n) is 1.84. The van der Waals surface area contributed by atoms with E-state index in [9.17, 15) is 9.59 Å². The van der Waals surface area contributed by atoms with E-state index in [1.807, 2.05) is 0 Å². The van der Waals surface area contributed by atoms with Crippen molar-refractivity contribution < 1.29 is 9.32 Å². The molecule has 82 valence electrons. The normalized spacial score (nSPS) is 10.0. The lowest BCUT2D eigenvalue weighted by atomic mass is 10.2. The number of nitrogens with zero attached hydrogens (tertiary/aromatic N) is 1. The predicted octanol–water partition coefficient (Wildman–Crippen LogP) is 0.521. The Morgan fingerprint density at radius 3 is 2.94 bits per heavy atom. The Morgan fingerprint density at radius 2 is 2.31 bits per heavy atom. The monoisotopic (exact) mass is 220 g/mol. The number of nitrogens with two attached hydrogens (primary N) is 1. The van der Waals surface area contributed by atoms with Crippen LogP contribution in [0.25, 0.3) is 11.4 Å². The van der Waals surface area contributed by atoms with Crippen molar-refractivity contribution in [1.82, 2.24) is 10.1 Å². The van der Waals surface area contributed by atoms with Gasteiger partial charge in [-0.25, -0.2) is 9.59 Å². The van der Waals surface area contributed by atoms with Gasteiger partial charge in [0.2, 0.25) is 0 Å². The van der Waals surface area contributed by atoms with Crippen molar-refractivity contribution in [3.63, 3.8) is 0 Å². The molecule has 0 unspecified atom stereocenters. The molecule has 7 heteroatoms. The summed E-state index contributed by atoms with van der Waals surface area (Å²) >= 11 is 0.